The molecule has 0 aromatic rings. The number of carbonyl (C=O) groups is 1. The molecule has 0 radical (unpaired) electrons. The predicted molar refractivity (Wildman–Crippen MR) is 48.6 cm³/mol. The largest absolute Gasteiger partial charge is 0.465 e. The molecule has 1 amide bonds. The van der Waals surface area contributed by atoms with Gasteiger partial charge in [-0.05, 0) is 31.6 Å². The molecule has 0 spiro atoms. The second-order valence-corrected chi connectivity index (χ2v) is 3.75. The lowest BCUT2D eigenvalue weighted by Crippen LogP contribution is -2.38. The molecule has 4 nitrogen and oxygen atoms in total. The standard InChI is InChI=1S/C9H17NO3/c1-10(9(12)13)8-4-2-7(6-11)3-5-8/h7-8,11H,2-6H2,1H3,(H,12,13)/t7-,8+. The van der Waals surface area contributed by atoms with E-state index in [4.69, 9.17) is 10.2 Å². The smallest absolute Gasteiger partial charge is 0.407 e. The summed E-state index contributed by atoms with van der Waals surface area (Å²) in [6.45, 7) is 0.240. The van der Waals surface area contributed by atoms with Crippen LogP contribution in [0.5, 0.6) is 0 Å². The van der Waals surface area contributed by atoms with E-state index in [0.29, 0.717) is 5.92 Å². The molecule has 4 heteroatoms. The van der Waals surface area contributed by atoms with Gasteiger partial charge in [0, 0.05) is 19.7 Å². The molecule has 76 valence electrons. The molecule has 0 aliphatic heterocycles. The molecule has 0 unspecified atom stereocenters. The van der Waals surface area contributed by atoms with Crippen LogP contribution >= 0.6 is 0 Å². The molecule has 1 fully saturated rings. The van der Waals surface area contributed by atoms with Gasteiger partial charge in [-0.25, -0.2) is 4.79 Å². The third-order valence-electron chi connectivity index (χ3n) is 2.92. The number of aliphatic hydroxyl groups is 1. The molecule has 0 aromatic carbocycles. The van der Waals surface area contributed by atoms with Gasteiger partial charge in [-0.3, -0.25) is 0 Å². The van der Waals surface area contributed by atoms with Crippen molar-refractivity contribution in [1.82, 2.24) is 4.90 Å². The SMILES string of the molecule is CN(C(=O)O)[C@H]1CC[C@@H](CO)CC1. The van der Waals surface area contributed by atoms with Crippen LogP contribution in [0.4, 0.5) is 4.79 Å². The minimum atomic E-state index is -0.854. The van der Waals surface area contributed by atoms with Gasteiger partial charge in [0.2, 0.25) is 0 Å². The summed E-state index contributed by atoms with van der Waals surface area (Å²) in [4.78, 5) is 12.0. The van der Waals surface area contributed by atoms with Crippen molar-refractivity contribution in [3.8, 4) is 0 Å². The molecule has 1 saturated carbocycles. The Morgan fingerprint density at radius 1 is 1.38 bits per heavy atom. The van der Waals surface area contributed by atoms with Crippen LogP contribution in [0.3, 0.4) is 0 Å². The molecule has 2 N–H and O–H groups in total. The first-order chi connectivity index (χ1) is 6.15. The first-order valence-electron chi connectivity index (χ1n) is 4.71. The Bertz CT molecular complexity index is 176. The van der Waals surface area contributed by atoms with Crippen molar-refractivity contribution < 1.29 is 15.0 Å². The summed E-state index contributed by atoms with van der Waals surface area (Å²) in [6.07, 6.45) is 2.80. The number of hydrogen-bond acceptors (Lipinski definition) is 2. The highest BCUT2D eigenvalue weighted by molar-refractivity contribution is 5.64. The Balaban J connectivity index is 2.36. The summed E-state index contributed by atoms with van der Waals surface area (Å²) in [5, 5.41) is 17.6. The molecule has 0 heterocycles. The zero-order chi connectivity index (χ0) is 9.84. The van der Waals surface area contributed by atoms with E-state index in [9.17, 15) is 4.79 Å². The number of hydrogen-bond donors (Lipinski definition) is 2. The highest BCUT2D eigenvalue weighted by Crippen LogP contribution is 2.26. The van der Waals surface area contributed by atoms with Crippen molar-refractivity contribution in [2.75, 3.05) is 13.7 Å². The summed E-state index contributed by atoms with van der Waals surface area (Å²) in [6, 6.07) is 0.153. The van der Waals surface area contributed by atoms with Gasteiger partial charge in [0.25, 0.3) is 0 Å². The minimum Gasteiger partial charge on any atom is -0.465 e. The molecular weight excluding hydrogens is 170 g/mol. The van der Waals surface area contributed by atoms with E-state index in [1.807, 2.05) is 0 Å². The topological polar surface area (TPSA) is 60.8 Å². The summed E-state index contributed by atoms with van der Waals surface area (Å²) < 4.78 is 0. The van der Waals surface area contributed by atoms with Crippen molar-refractivity contribution in [2.24, 2.45) is 5.92 Å². The number of aliphatic hydroxyl groups excluding tert-OH is 1. The Hall–Kier alpha value is -0.770. The molecule has 13 heavy (non-hydrogen) atoms. The Morgan fingerprint density at radius 3 is 2.31 bits per heavy atom. The summed E-state index contributed by atoms with van der Waals surface area (Å²) in [5.74, 6) is 0.387. The van der Waals surface area contributed by atoms with Crippen LogP contribution < -0.4 is 0 Å². The van der Waals surface area contributed by atoms with Crippen LogP contribution in [0.1, 0.15) is 25.7 Å². The second-order valence-electron chi connectivity index (χ2n) is 3.75. The van der Waals surface area contributed by atoms with Gasteiger partial charge in [-0.2, -0.15) is 0 Å². The highest BCUT2D eigenvalue weighted by atomic mass is 16.4. The monoisotopic (exact) mass is 187 g/mol. The third kappa shape index (κ3) is 2.59. The van der Waals surface area contributed by atoms with Crippen molar-refractivity contribution in [1.29, 1.82) is 0 Å². The van der Waals surface area contributed by atoms with Crippen LogP contribution in [0.25, 0.3) is 0 Å². The van der Waals surface area contributed by atoms with Crippen molar-refractivity contribution in [3.05, 3.63) is 0 Å². The fourth-order valence-corrected chi connectivity index (χ4v) is 1.87. The van der Waals surface area contributed by atoms with Crippen LogP contribution in [-0.2, 0) is 0 Å². The van der Waals surface area contributed by atoms with Gasteiger partial charge >= 0.3 is 6.09 Å². The number of rotatable bonds is 2. The first-order valence-corrected chi connectivity index (χ1v) is 4.71. The molecule has 0 saturated heterocycles. The van der Waals surface area contributed by atoms with Crippen LogP contribution in [0.15, 0.2) is 0 Å². The quantitative estimate of drug-likeness (QED) is 0.681. The Kier molecular flexibility index (Phi) is 3.54. The van der Waals surface area contributed by atoms with Crippen molar-refractivity contribution in [2.45, 2.75) is 31.7 Å². The fraction of sp³-hybridized carbons (Fsp3) is 0.889. The first kappa shape index (κ1) is 10.3. The van der Waals surface area contributed by atoms with E-state index in [2.05, 4.69) is 0 Å². The van der Waals surface area contributed by atoms with Crippen molar-refractivity contribution >= 4 is 6.09 Å². The van der Waals surface area contributed by atoms with E-state index >= 15 is 0 Å². The van der Waals surface area contributed by atoms with Gasteiger partial charge in [0.1, 0.15) is 0 Å². The third-order valence-corrected chi connectivity index (χ3v) is 2.92. The van der Waals surface area contributed by atoms with Crippen LogP contribution in [0.2, 0.25) is 0 Å². The lowest BCUT2D eigenvalue weighted by molar-refractivity contribution is 0.107. The lowest BCUT2D eigenvalue weighted by Gasteiger charge is -2.32. The normalized spacial score (nSPS) is 28.5. The maximum atomic E-state index is 10.6. The molecule has 0 aromatic heterocycles. The predicted octanol–water partition coefficient (Wildman–Crippen LogP) is 1.15. The minimum absolute atomic E-state index is 0.153. The maximum absolute atomic E-state index is 10.6. The molecular formula is C9H17NO3. The molecule has 1 aliphatic carbocycles. The average molecular weight is 187 g/mol. The van der Waals surface area contributed by atoms with Gasteiger partial charge in [0.05, 0.1) is 0 Å². The zero-order valence-electron chi connectivity index (χ0n) is 7.94. The molecule has 0 bridgehead atoms. The zero-order valence-corrected chi connectivity index (χ0v) is 7.94. The summed E-state index contributed by atoms with van der Waals surface area (Å²) in [5.41, 5.74) is 0. The fourth-order valence-electron chi connectivity index (χ4n) is 1.87. The Morgan fingerprint density at radius 2 is 1.92 bits per heavy atom. The summed E-state index contributed by atoms with van der Waals surface area (Å²) >= 11 is 0. The molecule has 1 aliphatic rings. The lowest BCUT2D eigenvalue weighted by atomic mass is 9.86. The van der Waals surface area contributed by atoms with Gasteiger partial charge < -0.3 is 15.1 Å². The van der Waals surface area contributed by atoms with Gasteiger partial charge in [0.15, 0.2) is 0 Å². The Labute approximate surface area is 78.2 Å². The number of nitrogens with zero attached hydrogens (tertiary/aromatic N) is 1. The van der Waals surface area contributed by atoms with Crippen molar-refractivity contribution in [3.63, 3.8) is 0 Å². The maximum Gasteiger partial charge on any atom is 0.407 e. The van der Waals surface area contributed by atoms with Gasteiger partial charge in [-0.1, -0.05) is 0 Å². The van der Waals surface area contributed by atoms with E-state index in [-0.39, 0.29) is 12.6 Å². The van der Waals surface area contributed by atoms with E-state index in [1.165, 1.54) is 4.90 Å². The second kappa shape index (κ2) is 4.46. The summed E-state index contributed by atoms with van der Waals surface area (Å²) in [7, 11) is 1.62. The number of carboxylic acid groups (broad SMARTS) is 1. The van der Waals surface area contributed by atoms with Crippen LogP contribution in [-0.4, -0.2) is 40.9 Å². The average Bonchev–Trinajstić information content (AvgIpc) is 2.17. The molecule has 1 rings (SSSR count). The van der Waals surface area contributed by atoms with E-state index in [1.54, 1.807) is 7.05 Å². The molecule has 0 atom stereocenters. The van der Waals surface area contributed by atoms with E-state index < -0.39 is 6.09 Å². The van der Waals surface area contributed by atoms with Crippen LogP contribution in [0, 0.1) is 5.92 Å². The highest BCUT2D eigenvalue weighted by Gasteiger charge is 2.25. The van der Waals surface area contributed by atoms with Gasteiger partial charge in [-0.15, -0.1) is 0 Å². The number of amides is 1. The van der Waals surface area contributed by atoms with E-state index in [0.717, 1.165) is 25.7 Å².